The Morgan fingerprint density at radius 3 is 2.62 bits per heavy atom. The van der Waals surface area contributed by atoms with Gasteiger partial charge in [-0.3, -0.25) is 0 Å². The maximum absolute atomic E-state index is 10.9. The lowest BCUT2D eigenvalue weighted by atomic mass is 10.1. The van der Waals surface area contributed by atoms with Crippen molar-refractivity contribution in [2.45, 2.75) is 31.7 Å². The highest BCUT2D eigenvalue weighted by Gasteiger charge is 2.10. The van der Waals surface area contributed by atoms with E-state index in [-0.39, 0.29) is 12.2 Å². The first-order valence-electron chi connectivity index (χ1n) is 6.76. The van der Waals surface area contributed by atoms with Gasteiger partial charge in [-0.1, -0.05) is 30.8 Å². The number of carboxylic acids is 1. The van der Waals surface area contributed by atoms with Crippen molar-refractivity contribution < 1.29 is 15.0 Å². The number of nitrogens with zero attached hydrogens (tertiary/aromatic N) is 2. The molecule has 0 saturated carbocycles. The van der Waals surface area contributed by atoms with Crippen molar-refractivity contribution in [2.75, 3.05) is 5.75 Å². The van der Waals surface area contributed by atoms with E-state index in [9.17, 15) is 9.90 Å². The average molecular weight is 306 g/mol. The molecule has 0 aliphatic carbocycles. The summed E-state index contributed by atoms with van der Waals surface area (Å²) in [6, 6.07) is 6.76. The fourth-order valence-electron chi connectivity index (χ4n) is 1.93. The summed E-state index contributed by atoms with van der Waals surface area (Å²) in [5.41, 5.74) is 2.01. The van der Waals surface area contributed by atoms with Gasteiger partial charge in [0.25, 0.3) is 0 Å². The molecule has 1 aromatic heterocycles. The van der Waals surface area contributed by atoms with Crippen molar-refractivity contribution in [3.05, 3.63) is 47.3 Å². The van der Waals surface area contributed by atoms with E-state index in [4.69, 9.17) is 5.11 Å². The number of aliphatic hydroxyl groups is 1. The van der Waals surface area contributed by atoms with Crippen LogP contribution in [0.5, 0.6) is 0 Å². The Balaban J connectivity index is 2.20. The highest BCUT2D eigenvalue weighted by atomic mass is 32.2. The van der Waals surface area contributed by atoms with Crippen molar-refractivity contribution in [2.24, 2.45) is 0 Å². The quantitative estimate of drug-likeness (QED) is 0.769. The summed E-state index contributed by atoms with van der Waals surface area (Å²) in [5.74, 6) is 0.0410. The number of thioether (sulfide) groups is 1. The SMILES string of the molecule is CCCSc1ncc(CO)n1Cc1ccc(C(=O)O)cc1. The van der Waals surface area contributed by atoms with E-state index in [0.717, 1.165) is 28.6 Å². The van der Waals surface area contributed by atoms with Crippen LogP contribution in [-0.4, -0.2) is 31.5 Å². The van der Waals surface area contributed by atoms with E-state index in [0.29, 0.717) is 6.54 Å². The Bertz CT molecular complexity index is 608. The predicted molar refractivity (Wildman–Crippen MR) is 81.7 cm³/mol. The van der Waals surface area contributed by atoms with Crippen LogP contribution < -0.4 is 0 Å². The van der Waals surface area contributed by atoms with Gasteiger partial charge in [0.05, 0.1) is 24.1 Å². The number of carbonyl (C=O) groups is 1. The molecule has 0 aliphatic rings. The van der Waals surface area contributed by atoms with Gasteiger partial charge in [-0.25, -0.2) is 9.78 Å². The van der Waals surface area contributed by atoms with Gasteiger partial charge in [-0.05, 0) is 24.1 Å². The molecule has 0 saturated heterocycles. The van der Waals surface area contributed by atoms with Crippen LogP contribution in [0.4, 0.5) is 0 Å². The van der Waals surface area contributed by atoms with Gasteiger partial charge < -0.3 is 14.8 Å². The molecule has 0 aliphatic heterocycles. The zero-order valence-corrected chi connectivity index (χ0v) is 12.6. The highest BCUT2D eigenvalue weighted by Crippen LogP contribution is 2.21. The third-order valence-electron chi connectivity index (χ3n) is 3.04. The van der Waals surface area contributed by atoms with Crippen molar-refractivity contribution in [1.82, 2.24) is 9.55 Å². The molecular weight excluding hydrogens is 288 g/mol. The zero-order valence-electron chi connectivity index (χ0n) is 11.8. The molecule has 0 atom stereocenters. The standard InChI is InChI=1S/C15H18N2O3S/c1-2-7-21-15-16-8-13(10-18)17(15)9-11-3-5-12(6-4-11)14(19)20/h3-6,8,18H,2,7,9-10H2,1H3,(H,19,20). The molecule has 2 rings (SSSR count). The topological polar surface area (TPSA) is 75.4 Å². The van der Waals surface area contributed by atoms with Crippen LogP contribution in [0, 0.1) is 0 Å². The number of aliphatic hydroxyl groups excluding tert-OH is 1. The number of benzene rings is 1. The summed E-state index contributed by atoms with van der Waals surface area (Å²) >= 11 is 1.66. The van der Waals surface area contributed by atoms with E-state index < -0.39 is 5.97 Å². The van der Waals surface area contributed by atoms with Gasteiger partial charge >= 0.3 is 5.97 Å². The van der Waals surface area contributed by atoms with Gasteiger partial charge in [-0.15, -0.1) is 0 Å². The molecular formula is C15H18N2O3S. The molecule has 6 heteroatoms. The van der Waals surface area contributed by atoms with Crippen LogP contribution in [0.3, 0.4) is 0 Å². The van der Waals surface area contributed by atoms with Gasteiger partial charge in [0.2, 0.25) is 0 Å². The monoisotopic (exact) mass is 306 g/mol. The second-order valence-corrected chi connectivity index (χ2v) is 5.69. The van der Waals surface area contributed by atoms with E-state index in [2.05, 4.69) is 11.9 Å². The molecule has 0 bridgehead atoms. The molecule has 0 amide bonds. The van der Waals surface area contributed by atoms with Gasteiger partial charge in [0.1, 0.15) is 0 Å². The number of hydrogen-bond acceptors (Lipinski definition) is 4. The summed E-state index contributed by atoms with van der Waals surface area (Å²) in [5, 5.41) is 19.2. The maximum atomic E-state index is 10.9. The smallest absolute Gasteiger partial charge is 0.335 e. The summed E-state index contributed by atoms with van der Waals surface area (Å²) in [6.07, 6.45) is 2.74. The normalized spacial score (nSPS) is 10.8. The first-order valence-corrected chi connectivity index (χ1v) is 7.74. The lowest BCUT2D eigenvalue weighted by molar-refractivity contribution is 0.0697. The molecule has 21 heavy (non-hydrogen) atoms. The van der Waals surface area contributed by atoms with E-state index in [1.54, 1.807) is 42.2 Å². The third-order valence-corrected chi connectivity index (χ3v) is 4.24. The first kappa shape index (κ1) is 15.6. The van der Waals surface area contributed by atoms with E-state index >= 15 is 0 Å². The maximum Gasteiger partial charge on any atom is 0.335 e. The molecule has 2 N–H and O–H groups in total. The Morgan fingerprint density at radius 2 is 2.05 bits per heavy atom. The van der Waals surface area contributed by atoms with E-state index in [1.807, 2.05) is 4.57 Å². The van der Waals surface area contributed by atoms with Crippen LogP contribution in [0.1, 0.15) is 35.0 Å². The van der Waals surface area contributed by atoms with Crippen LogP contribution in [0.2, 0.25) is 0 Å². The zero-order chi connectivity index (χ0) is 15.2. The Kier molecular flexibility index (Phi) is 5.41. The lowest BCUT2D eigenvalue weighted by Crippen LogP contribution is -2.06. The second kappa shape index (κ2) is 7.28. The van der Waals surface area contributed by atoms with Gasteiger partial charge in [-0.2, -0.15) is 0 Å². The van der Waals surface area contributed by atoms with Crippen molar-refractivity contribution in [3.63, 3.8) is 0 Å². The van der Waals surface area contributed by atoms with E-state index in [1.165, 1.54) is 0 Å². The summed E-state index contributed by atoms with van der Waals surface area (Å²) in [6.45, 7) is 2.62. The number of rotatable bonds is 7. The molecule has 0 radical (unpaired) electrons. The van der Waals surface area contributed by atoms with Crippen LogP contribution >= 0.6 is 11.8 Å². The summed E-state index contributed by atoms with van der Waals surface area (Å²) < 4.78 is 1.97. The average Bonchev–Trinajstić information content (AvgIpc) is 2.87. The number of carboxylic acid groups (broad SMARTS) is 1. The molecule has 5 nitrogen and oxygen atoms in total. The Morgan fingerprint density at radius 1 is 1.33 bits per heavy atom. The van der Waals surface area contributed by atoms with Crippen LogP contribution in [0.25, 0.3) is 0 Å². The fourth-order valence-corrected chi connectivity index (χ4v) is 2.78. The largest absolute Gasteiger partial charge is 0.478 e. The third kappa shape index (κ3) is 3.86. The molecule has 0 unspecified atom stereocenters. The second-order valence-electron chi connectivity index (χ2n) is 4.63. The first-order chi connectivity index (χ1) is 10.2. The van der Waals surface area contributed by atoms with Crippen molar-refractivity contribution in [3.8, 4) is 0 Å². The van der Waals surface area contributed by atoms with Crippen LogP contribution in [-0.2, 0) is 13.2 Å². The van der Waals surface area contributed by atoms with Crippen molar-refractivity contribution in [1.29, 1.82) is 0 Å². The summed E-state index contributed by atoms with van der Waals surface area (Å²) in [7, 11) is 0. The Labute approximate surface area is 127 Å². The van der Waals surface area contributed by atoms with Gasteiger partial charge in [0.15, 0.2) is 5.16 Å². The van der Waals surface area contributed by atoms with Gasteiger partial charge in [0, 0.05) is 12.3 Å². The molecule has 0 spiro atoms. The molecule has 1 heterocycles. The van der Waals surface area contributed by atoms with Crippen molar-refractivity contribution >= 4 is 17.7 Å². The minimum Gasteiger partial charge on any atom is -0.478 e. The Hall–Kier alpha value is -1.79. The fraction of sp³-hybridized carbons (Fsp3) is 0.333. The van der Waals surface area contributed by atoms with Crippen LogP contribution in [0.15, 0.2) is 35.6 Å². The molecule has 112 valence electrons. The highest BCUT2D eigenvalue weighted by molar-refractivity contribution is 7.99. The minimum atomic E-state index is -0.931. The lowest BCUT2D eigenvalue weighted by Gasteiger charge is -2.10. The number of hydrogen-bond donors (Lipinski definition) is 2. The molecule has 0 fully saturated rings. The number of imidazole rings is 1. The summed E-state index contributed by atoms with van der Waals surface area (Å²) in [4.78, 5) is 15.2. The minimum absolute atomic E-state index is 0.0626. The number of aromatic nitrogens is 2. The number of aromatic carboxylic acids is 1. The molecule has 1 aromatic carbocycles. The predicted octanol–water partition coefficient (Wildman–Crippen LogP) is 2.62. The molecule has 2 aromatic rings.